The van der Waals surface area contributed by atoms with Gasteiger partial charge in [0.2, 0.25) is 5.76 Å². The fourth-order valence-corrected chi connectivity index (χ4v) is 4.27. The van der Waals surface area contributed by atoms with Gasteiger partial charge in [-0.05, 0) is 54.4 Å². The van der Waals surface area contributed by atoms with Gasteiger partial charge in [0.1, 0.15) is 5.58 Å². The number of carbonyl (C=O) groups is 1. The summed E-state index contributed by atoms with van der Waals surface area (Å²) in [6.07, 6.45) is 0. The van der Waals surface area contributed by atoms with Crippen LogP contribution < -0.4 is 10.3 Å². The second-order valence-corrected chi connectivity index (χ2v) is 8.07. The summed E-state index contributed by atoms with van der Waals surface area (Å²) in [6.45, 7) is 1.95. The van der Waals surface area contributed by atoms with Gasteiger partial charge in [-0.1, -0.05) is 53.5 Å². The van der Waals surface area contributed by atoms with E-state index in [-0.39, 0.29) is 17.1 Å². The average Bonchev–Trinajstić information content (AvgIpc) is 3.03. The molecule has 1 amide bonds. The average molecular weight is 436 g/mol. The molecule has 2 heterocycles. The van der Waals surface area contributed by atoms with Crippen LogP contribution in [0.15, 0.2) is 75.9 Å². The predicted octanol–water partition coefficient (Wildman–Crippen LogP) is 6.16. The van der Waals surface area contributed by atoms with Gasteiger partial charge in [-0.15, -0.1) is 0 Å². The van der Waals surface area contributed by atoms with Gasteiger partial charge in [0, 0.05) is 5.69 Å². The molecule has 0 saturated heterocycles. The highest BCUT2D eigenvalue weighted by molar-refractivity contribution is 6.42. The molecule has 0 bridgehead atoms. The van der Waals surface area contributed by atoms with E-state index in [9.17, 15) is 9.59 Å². The van der Waals surface area contributed by atoms with Crippen LogP contribution in [-0.2, 0) is 0 Å². The first-order valence-corrected chi connectivity index (χ1v) is 10.1. The molecule has 5 rings (SSSR count). The highest BCUT2D eigenvalue weighted by Crippen LogP contribution is 2.42. The van der Waals surface area contributed by atoms with E-state index in [2.05, 4.69) is 0 Å². The van der Waals surface area contributed by atoms with Crippen LogP contribution in [0.4, 0.5) is 5.69 Å². The van der Waals surface area contributed by atoms with E-state index in [0.29, 0.717) is 37.8 Å². The van der Waals surface area contributed by atoms with E-state index in [4.69, 9.17) is 27.6 Å². The Labute approximate surface area is 182 Å². The van der Waals surface area contributed by atoms with Crippen molar-refractivity contribution in [1.82, 2.24) is 0 Å². The largest absolute Gasteiger partial charge is 0.450 e. The van der Waals surface area contributed by atoms with Gasteiger partial charge >= 0.3 is 0 Å². The number of para-hydroxylation sites is 1. The maximum Gasteiger partial charge on any atom is 0.295 e. The van der Waals surface area contributed by atoms with E-state index < -0.39 is 6.04 Å². The number of carbonyl (C=O) groups excluding carboxylic acids is 1. The Morgan fingerprint density at radius 2 is 1.70 bits per heavy atom. The van der Waals surface area contributed by atoms with Crippen LogP contribution in [0.3, 0.4) is 0 Å². The number of aryl methyl sites for hydroxylation is 1. The standard InChI is InChI=1S/C24H15Cl2NO3/c1-13-5-4-6-15(11-13)27-21(14-9-10-17(25)18(26)12-14)20-22(28)16-7-2-3-8-19(16)30-23(20)24(27)29/h2-12,21H,1H3. The molecule has 0 spiro atoms. The topological polar surface area (TPSA) is 50.5 Å². The van der Waals surface area contributed by atoms with Gasteiger partial charge < -0.3 is 4.42 Å². The molecule has 1 unspecified atom stereocenters. The van der Waals surface area contributed by atoms with Crippen LogP contribution in [0.2, 0.25) is 10.0 Å². The van der Waals surface area contributed by atoms with Crippen LogP contribution in [0.25, 0.3) is 11.0 Å². The molecule has 30 heavy (non-hydrogen) atoms. The smallest absolute Gasteiger partial charge is 0.295 e. The summed E-state index contributed by atoms with van der Waals surface area (Å²) in [7, 11) is 0. The minimum Gasteiger partial charge on any atom is -0.450 e. The lowest BCUT2D eigenvalue weighted by molar-refractivity contribution is 0.0971. The number of fused-ring (bicyclic) bond motifs is 2. The maximum atomic E-state index is 13.5. The van der Waals surface area contributed by atoms with Crippen LogP contribution in [-0.4, -0.2) is 5.91 Å². The molecule has 4 aromatic rings. The summed E-state index contributed by atoms with van der Waals surface area (Å²) >= 11 is 12.4. The van der Waals surface area contributed by atoms with Crippen molar-refractivity contribution in [1.29, 1.82) is 0 Å². The molecule has 1 aromatic heterocycles. The van der Waals surface area contributed by atoms with Gasteiger partial charge in [0.15, 0.2) is 5.43 Å². The molecular formula is C24H15Cl2NO3. The summed E-state index contributed by atoms with van der Waals surface area (Å²) < 4.78 is 5.93. The maximum absolute atomic E-state index is 13.5. The van der Waals surface area contributed by atoms with Gasteiger partial charge in [-0.2, -0.15) is 0 Å². The first-order valence-electron chi connectivity index (χ1n) is 9.36. The SMILES string of the molecule is Cc1cccc(N2C(=O)c3oc4ccccc4c(=O)c3C2c2ccc(Cl)c(Cl)c2)c1. The Bertz CT molecular complexity index is 1390. The fourth-order valence-electron chi connectivity index (χ4n) is 3.96. The molecule has 1 aliphatic heterocycles. The van der Waals surface area contributed by atoms with E-state index in [0.717, 1.165) is 5.56 Å². The lowest BCUT2D eigenvalue weighted by Gasteiger charge is -2.25. The number of rotatable bonds is 2. The predicted molar refractivity (Wildman–Crippen MR) is 119 cm³/mol. The summed E-state index contributed by atoms with van der Waals surface area (Å²) in [4.78, 5) is 28.5. The van der Waals surface area contributed by atoms with E-state index in [1.54, 1.807) is 47.4 Å². The van der Waals surface area contributed by atoms with E-state index >= 15 is 0 Å². The number of nitrogens with zero attached hydrogens (tertiary/aromatic N) is 1. The van der Waals surface area contributed by atoms with Crippen molar-refractivity contribution in [3.63, 3.8) is 0 Å². The highest BCUT2D eigenvalue weighted by Gasteiger charge is 2.43. The third kappa shape index (κ3) is 2.83. The van der Waals surface area contributed by atoms with Crippen LogP contribution >= 0.6 is 23.2 Å². The first kappa shape index (κ1) is 18.9. The molecule has 3 aromatic carbocycles. The Kier molecular flexibility index (Phi) is 4.42. The van der Waals surface area contributed by atoms with Crippen molar-refractivity contribution in [2.24, 2.45) is 0 Å². The Balaban J connectivity index is 1.83. The van der Waals surface area contributed by atoms with Crippen molar-refractivity contribution in [2.45, 2.75) is 13.0 Å². The summed E-state index contributed by atoms with van der Waals surface area (Å²) in [6, 6.07) is 18.9. The van der Waals surface area contributed by atoms with Crippen LogP contribution in [0.5, 0.6) is 0 Å². The van der Waals surface area contributed by atoms with E-state index in [1.165, 1.54) is 0 Å². The molecule has 1 aliphatic rings. The molecule has 1 atom stereocenters. The number of hydrogen-bond acceptors (Lipinski definition) is 3. The molecule has 0 radical (unpaired) electrons. The number of anilines is 1. The lowest BCUT2D eigenvalue weighted by Crippen LogP contribution is -2.29. The van der Waals surface area contributed by atoms with E-state index in [1.807, 2.05) is 31.2 Å². The number of halogens is 2. The minimum absolute atomic E-state index is 0.0521. The van der Waals surface area contributed by atoms with Crippen molar-refractivity contribution >= 4 is 45.8 Å². The van der Waals surface area contributed by atoms with Crippen molar-refractivity contribution in [3.8, 4) is 0 Å². The lowest BCUT2D eigenvalue weighted by atomic mass is 9.98. The van der Waals surface area contributed by atoms with Crippen molar-refractivity contribution in [3.05, 3.63) is 109 Å². The molecule has 0 N–H and O–H groups in total. The molecule has 4 nitrogen and oxygen atoms in total. The monoisotopic (exact) mass is 435 g/mol. The van der Waals surface area contributed by atoms with Crippen molar-refractivity contribution in [2.75, 3.05) is 4.90 Å². The van der Waals surface area contributed by atoms with Crippen LogP contribution in [0.1, 0.15) is 33.3 Å². The molecular weight excluding hydrogens is 421 g/mol. The first-order chi connectivity index (χ1) is 14.5. The zero-order valence-corrected chi connectivity index (χ0v) is 17.4. The zero-order chi connectivity index (χ0) is 21.0. The zero-order valence-electron chi connectivity index (χ0n) is 15.9. The summed E-state index contributed by atoms with van der Waals surface area (Å²) in [5.74, 6) is -0.314. The van der Waals surface area contributed by atoms with Crippen LogP contribution in [0, 0.1) is 6.92 Å². The van der Waals surface area contributed by atoms with Crippen molar-refractivity contribution < 1.29 is 9.21 Å². The summed E-state index contributed by atoms with van der Waals surface area (Å²) in [5, 5.41) is 1.18. The second-order valence-electron chi connectivity index (χ2n) is 7.26. The highest BCUT2D eigenvalue weighted by atomic mass is 35.5. The van der Waals surface area contributed by atoms with Gasteiger partial charge in [-0.25, -0.2) is 0 Å². The summed E-state index contributed by atoms with van der Waals surface area (Å²) in [5.41, 5.74) is 2.80. The molecule has 0 saturated carbocycles. The Morgan fingerprint density at radius 3 is 2.47 bits per heavy atom. The van der Waals surface area contributed by atoms with Gasteiger partial charge in [0.05, 0.1) is 27.0 Å². The molecule has 148 valence electrons. The normalized spacial score (nSPS) is 15.6. The van der Waals surface area contributed by atoms with Gasteiger partial charge in [0.25, 0.3) is 5.91 Å². The molecule has 0 aliphatic carbocycles. The third-order valence-corrected chi connectivity index (χ3v) is 6.06. The second kappa shape index (κ2) is 7.01. The quantitative estimate of drug-likeness (QED) is 0.378. The molecule has 0 fully saturated rings. The minimum atomic E-state index is -0.676. The van der Waals surface area contributed by atoms with Gasteiger partial charge in [-0.3, -0.25) is 14.5 Å². The fraction of sp³-hybridized carbons (Fsp3) is 0.0833. The third-order valence-electron chi connectivity index (χ3n) is 5.32. The number of amides is 1. The Hall–Kier alpha value is -3.08. The number of hydrogen-bond donors (Lipinski definition) is 0. The number of benzene rings is 3. The Morgan fingerprint density at radius 1 is 0.900 bits per heavy atom. The molecule has 6 heteroatoms.